The molecule has 0 radical (unpaired) electrons. The van der Waals surface area contributed by atoms with Gasteiger partial charge in [-0.15, -0.1) is 0 Å². The molecule has 1 amide bonds. The number of rotatable bonds is 5. The van der Waals surface area contributed by atoms with Crippen LogP contribution in [0.3, 0.4) is 0 Å². The van der Waals surface area contributed by atoms with Crippen LogP contribution in [0, 0.1) is 11.3 Å². The van der Waals surface area contributed by atoms with E-state index in [4.69, 9.17) is 15.2 Å². The minimum Gasteiger partial charge on any atom is -0.466 e. The van der Waals surface area contributed by atoms with Gasteiger partial charge in [-0.05, 0) is 36.6 Å². The standard InChI is InChI=1S/C29H30N4O5/c1-37-28(35)24-23(19-11-6-5-7-12-19)22(18-30)26(31)33(25(24)29(36)38-2)21-14-10-13-20(17-21)27(34)32-15-8-3-4-9-16-32/h5-7,10-14,17,23H,3-4,8-9,15-16,31H2,1-2H3. The Morgan fingerprint density at radius 2 is 1.58 bits per heavy atom. The van der Waals surface area contributed by atoms with Gasteiger partial charge in [0.2, 0.25) is 0 Å². The lowest BCUT2D eigenvalue weighted by molar-refractivity contribution is -0.139. The second-order valence-electron chi connectivity index (χ2n) is 9.09. The van der Waals surface area contributed by atoms with E-state index >= 15 is 0 Å². The molecule has 38 heavy (non-hydrogen) atoms. The van der Waals surface area contributed by atoms with E-state index in [-0.39, 0.29) is 28.6 Å². The number of carbonyl (C=O) groups excluding carboxylic acids is 3. The van der Waals surface area contributed by atoms with Gasteiger partial charge in [-0.3, -0.25) is 9.69 Å². The Morgan fingerprint density at radius 1 is 0.921 bits per heavy atom. The van der Waals surface area contributed by atoms with Gasteiger partial charge >= 0.3 is 11.9 Å². The zero-order valence-electron chi connectivity index (χ0n) is 21.5. The maximum absolute atomic E-state index is 13.4. The molecule has 0 aliphatic carbocycles. The first-order chi connectivity index (χ1) is 18.4. The van der Waals surface area contributed by atoms with Crippen LogP contribution in [0.15, 0.2) is 77.3 Å². The molecule has 4 rings (SSSR count). The van der Waals surface area contributed by atoms with Crippen molar-refractivity contribution in [2.75, 3.05) is 32.2 Å². The van der Waals surface area contributed by atoms with E-state index in [9.17, 15) is 19.6 Å². The molecule has 2 aromatic rings. The Kier molecular flexibility index (Phi) is 8.12. The first kappa shape index (κ1) is 26.5. The van der Waals surface area contributed by atoms with Gasteiger partial charge in [0.15, 0.2) is 0 Å². The molecule has 1 unspecified atom stereocenters. The molecule has 2 N–H and O–H groups in total. The van der Waals surface area contributed by atoms with Crippen molar-refractivity contribution >= 4 is 23.5 Å². The molecule has 0 bridgehead atoms. The number of carbonyl (C=O) groups is 3. The SMILES string of the molecule is COC(=O)C1=C(C(=O)OC)N(c2cccc(C(=O)N3CCCCCC3)c2)C(N)=C(C#N)C1c1ccccc1. The predicted molar refractivity (Wildman–Crippen MR) is 140 cm³/mol. The van der Waals surface area contributed by atoms with Crippen LogP contribution in [-0.2, 0) is 19.1 Å². The van der Waals surface area contributed by atoms with Crippen LogP contribution in [0.5, 0.6) is 0 Å². The highest BCUT2D eigenvalue weighted by molar-refractivity contribution is 6.06. The highest BCUT2D eigenvalue weighted by Crippen LogP contribution is 2.43. The Hall–Kier alpha value is -4.58. The lowest BCUT2D eigenvalue weighted by Crippen LogP contribution is -2.41. The Labute approximate surface area is 221 Å². The van der Waals surface area contributed by atoms with Crippen LogP contribution < -0.4 is 10.6 Å². The molecule has 1 saturated heterocycles. The van der Waals surface area contributed by atoms with Gasteiger partial charge < -0.3 is 20.1 Å². The van der Waals surface area contributed by atoms with Gasteiger partial charge in [0, 0.05) is 24.3 Å². The van der Waals surface area contributed by atoms with Gasteiger partial charge in [-0.1, -0.05) is 49.2 Å². The summed E-state index contributed by atoms with van der Waals surface area (Å²) in [6.45, 7) is 1.35. The lowest BCUT2D eigenvalue weighted by atomic mass is 9.81. The molecule has 0 spiro atoms. The van der Waals surface area contributed by atoms with Gasteiger partial charge in [0.25, 0.3) is 5.91 Å². The average molecular weight is 515 g/mol. The topological polar surface area (TPSA) is 126 Å². The molecule has 2 heterocycles. The fourth-order valence-electron chi connectivity index (χ4n) is 5.02. The number of anilines is 1. The summed E-state index contributed by atoms with van der Waals surface area (Å²) in [5.74, 6) is -2.78. The van der Waals surface area contributed by atoms with Crippen LogP contribution in [0.2, 0.25) is 0 Å². The van der Waals surface area contributed by atoms with E-state index in [1.165, 1.54) is 19.1 Å². The summed E-state index contributed by atoms with van der Waals surface area (Å²) in [5, 5.41) is 10.2. The summed E-state index contributed by atoms with van der Waals surface area (Å²) in [7, 11) is 2.39. The van der Waals surface area contributed by atoms with E-state index < -0.39 is 17.9 Å². The molecular weight excluding hydrogens is 484 g/mol. The van der Waals surface area contributed by atoms with Gasteiger partial charge in [0.1, 0.15) is 11.5 Å². The second-order valence-corrected chi connectivity index (χ2v) is 9.09. The zero-order valence-corrected chi connectivity index (χ0v) is 21.5. The Bertz CT molecular complexity index is 1330. The predicted octanol–water partition coefficient (Wildman–Crippen LogP) is 3.60. The number of esters is 2. The first-order valence-corrected chi connectivity index (χ1v) is 12.5. The molecule has 196 valence electrons. The number of nitrogens with zero attached hydrogens (tertiary/aromatic N) is 3. The number of benzene rings is 2. The number of methoxy groups -OCH3 is 2. The van der Waals surface area contributed by atoms with Crippen molar-refractivity contribution in [1.29, 1.82) is 5.26 Å². The normalized spacial score (nSPS) is 18.0. The largest absolute Gasteiger partial charge is 0.466 e. The van der Waals surface area contributed by atoms with E-state index in [2.05, 4.69) is 6.07 Å². The molecule has 9 heteroatoms. The van der Waals surface area contributed by atoms with Crippen molar-refractivity contribution in [3.05, 3.63) is 88.4 Å². The minimum atomic E-state index is -0.957. The van der Waals surface area contributed by atoms with Crippen LogP contribution in [-0.4, -0.2) is 50.1 Å². The number of nitriles is 1. The number of amides is 1. The summed E-state index contributed by atoms with van der Waals surface area (Å²) in [4.78, 5) is 42.9. The van der Waals surface area contributed by atoms with Gasteiger partial charge in [-0.25, -0.2) is 9.59 Å². The van der Waals surface area contributed by atoms with Crippen LogP contribution in [0.25, 0.3) is 0 Å². The number of likely N-dealkylation sites (tertiary alicyclic amines) is 1. The quantitative estimate of drug-likeness (QED) is 0.600. The highest BCUT2D eigenvalue weighted by atomic mass is 16.5. The van der Waals surface area contributed by atoms with Crippen LogP contribution in [0.1, 0.15) is 47.5 Å². The van der Waals surface area contributed by atoms with E-state index in [0.29, 0.717) is 29.9 Å². The molecule has 1 fully saturated rings. The van der Waals surface area contributed by atoms with E-state index in [0.717, 1.165) is 25.7 Å². The second kappa shape index (κ2) is 11.6. The maximum Gasteiger partial charge on any atom is 0.355 e. The van der Waals surface area contributed by atoms with Crippen molar-refractivity contribution in [2.45, 2.75) is 31.6 Å². The molecule has 9 nitrogen and oxygen atoms in total. The van der Waals surface area contributed by atoms with Crippen molar-refractivity contribution < 1.29 is 23.9 Å². The summed E-state index contributed by atoms with van der Waals surface area (Å²) >= 11 is 0. The third kappa shape index (κ3) is 4.98. The van der Waals surface area contributed by atoms with E-state index in [1.807, 2.05) is 4.90 Å². The molecule has 2 aliphatic rings. The molecule has 1 atom stereocenters. The van der Waals surface area contributed by atoms with Gasteiger partial charge in [0.05, 0.1) is 37.4 Å². The van der Waals surface area contributed by atoms with Crippen LogP contribution >= 0.6 is 0 Å². The molecule has 0 saturated carbocycles. The van der Waals surface area contributed by atoms with Crippen molar-refractivity contribution in [3.63, 3.8) is 0 Å². The number of nitrogens with two attached hydrogens (primary N) is 1. The Morgan fingerprint density at radius 3 is 2.18 bits per heavy atom. The highest BCUT2D eigenvalue weighted by Gasteiger charge is 2.43. The van der Waals surface area contributed by atoms with Crippen LogP contribution in [0.4, 0.5) is 5.69 Å². The maximum atomic E-state index is 13.4. The summed E-state index contributed by atoms with van der Waals surface area (Å²) < 4.78 is 10.1. The summed E-state index contributed by atoms with van der Waals surface area (Å²) in [6, 6.07) is 17.6. The third-order valence-corrected chi connectivity index (χ3v) is 6.85. The summed E-state index contributed by atoms with van der Waals surface area (Å²) in [6.07, 6.45) is 4.05. The molecule has 2 aromatic carbocycles. The number of hydrogen-bond acceptors (Lipinski definition) is 8. The number of allylic oxidation sites excluding steroid dienone is 1. The molecule has 2 aliphatic heterocycles. The lowest BCUT2D eigenvalue weighted by Gasteiger charge is -2.36. The first-order valence-electron chi connectivity index (χ1n) is 12.5. The molecular formula is C29H30N4O5. The average Bonchev–Trinajstić information content (AvgIpc) is 3.25. The van der Waals surface area contributed by atoms with Crippen molar-refractivity contribution in [1.82, 2.24) is 4.90 Å². The fourth-order valence-corrected chi connectivity index (χ4v) is 5.02. The summed E-state index contributed by atoms with van der Waals surface area (Å²) in [5.41, 5.74) is 7.69. The Balaban J connectivity index is 1.91. The smallest absolute Gasteiger partial charge is 0.355 e. The van der Waals surface area contributed by atoms with E-state index in [1.54, 1.807) is 54.6 Å². The third-order valence-electron chi connectivity index (χ3n) is 6.85. The van der Waals surface area contributed by atoms with Crippen molar-refractivity contribution in [3.8, 4) is 6.07 Å². The number of hydrogen-bond donors (Lipinski definition) is 1. The number of ether oxygens (including phenoxy) is 2. The zero-order chi connectivity index (χ0) is 27.2. The monoisotopic (exact) mass is 514 g/mol. The van der Waals surface area contributed by atoms with Crippen molar-refractivity contribution in [2.24, 2.45) is 5.73 Å². The minimum absolute atomic E-state index is 0.0474. The van der Waals surface area contributed by atoms with Gasteiger partial charge in [-0.2, -0.15) is 5.26 Å². The fraction of sp³-hybridized carbons (Fsp3) is 0.310. The molecule has 0 aromatic heterocycles.